The van der Waals surface area contributed by atoms with Crippen molar-refractivity contribution in [2.75, 3.05) is 36.9 Å². The molecule has 0 spiro atoms. The van der Waals surface area contributed by atoms with Gasteiger partial charge in [-0.3, -0.25) is 0 Å². The molecule has 1 heterocycles. The molecule has 5 heteroatoms. The Balaban J connectivity index is 1.89. The third kappa shape index (κ3) is 4.03. The third-order valence-electron chi connectivity index (χ3n) is 3.84. The zero-order chi connectivity index (χ0) is 15.2. The highest BCUT2D eigenvalue weighted by Gasteiger charge is 2.28. The van der Waals surface area contributed by atoms with Crippen LogP contribution in [0.2, 0.25) is 0 Å². The van der Waals surface area contributed by atoms with Gasteiger partial charge in [-0.25, -0.2) is 4.79 Å². The standard InChI is InChI=1S/C16H25N3O2/c1-3-4-11-21-16(20)19-10-9-18(12-13(19)2)15-7-5-14(17)6-8-15/h5-8,13H,3-4,9-12,17H2,1-2H3. The first kappa shape index (κ1) is 15.5. The minimum atomic E-state index is -0.187. The lowest BCUT2D eigenvalue weighted by Gasteiger charge is -2.40. The second-order valence-electron chi connectivity index (χ2n) is 5.55. The Labute approximate surface area is 126 Å². The fourth-order valence-electron chi connectivity index (χ4n) is 2.54. The average Bonchev–Trinajstić information content (AvgIpc) is 2.48. The van der Waals surface area contributed by atoms with Gasteiger partial charge in [-0.2, -0.15) is 0 Å². The van der Waals surface area contributed by atoms with Crippen LogP contribution in [0.1, 0.15) is 26.7 Å². The van der Waals surface area contributed by atoms with Crippen molar-refractivity contribution in [1.29, 1.82) is 0 Å². The molecule has 0 aliphatic carbocycles. The average molecular weight is 291 g/mol. The number of nitrogen functional groups attached to an aromatic ring is 1. The molecule has 1 aliphatic rings. The first-order valence-electron chi connectivity index (χ1n) is 7.65. The van der Waals surface area contributed by atoms with Crippen molar-refractivity contribution in [3.05, 3.63) is 24.3 Å². The van der Waals surface area contributed by atoms with E-state index in [1.807, 2.05) is 29.2 Å². The van der Waals surface area contributed by atoms with Crippen LogP contribution < -0.4 is 10.6 Å². The van der Waals surface area contributed by atoms with Crippen molar-refractivity contribution in [1.82, 2.24) is 4.90 Å². The molecule has 0 radical (unpaired) electrons. The van der Waals surface area contributed by atoms with E-state index in [1.54, 1.807) is 0 Å². The van der Waals surface area contributed by atoms with E-state index in [2.05, 4.69) is 18.7 Å². The largest absolute Gasteiger partial charge is 0.449 e. The quantitative estimate of drug-likeness (QED) is 0.684. The fourth-order valence-corrected chi connectivity index (χ4v) is 2.54. The molecule has 1 unspecified atom stereocenters. The number of carbonyl (C=O) groups is 1. The number of ether oxygens (including phenoxy) is 1. The summed E-state index contributed by atoms with van der Waals surface area (Å²) in [4.78, 5) is 16.1. The van der Waals surface area contributed by atoms with Crippen molar-refractivity contribution in [3.63, 3.8) is 0 Å². The lowest BCUT2D eigenvalue weighted by Crippen LogP contribution is -2.54. The Morgan fingerprint density at radius 3 is 2.67 bits per heavy atom. The SMILES string of the molecule is CCCCOC(=O)N1CCN(c2ccc(N)cc2)CC1C. The number of amides is 1. The summed E-state index contributed by atoms with van der Waals surface area (Å²) in [6, 6.07) is 8.01. The van der Waals surface area contributed by atoms with Gasteiger partial charge in [-0.1, -0.05) is 13.3 Å². The Morgan fingerprint density at radius 2 is 2.05 bits per heavy atom. The molecule has 1 aromatic carbocycles. The van der Waals surface area contributed by atoms with Crippen LogP contribution >= 0.6 is 0 Å². The topological polar surface area (TPSA) is 58.8 Å². The van der Waals surface area contributed by atoms with Gasteiger partial charge >= 0.3 is 6.09 Å². The first-order chi connectivity index (χ1) is 10.1. The number of piperazine rings is 1. The minimum Gasteiger partial charge on any atom is -0.449 e. The number of rotatable bonds is 4. The lowest BCUT2D eigenvalue weighted by molar-refractivity contribution is 0.0840. The highest BCUT2D eigenvalue weighted by atomic mass is 16.6. The highest BCUT2D eigenvalue weighted by Crippen LogP contribution is 2.20. The summed E-state index contributed by atoms with van der Waals surface area (Å²) in [7, 11) is 0. The fraction of sp³-hybridized carbons (Fsp3) is 0.562. The van der Waals surface area contributed by atoms with E-state index in [9.17, 15) is 4.79 Å². The van der Waals surface area contributed by atoms with Gasteiger partial charge in [0.1, 0.15) is 0 Å². The predicted octanol–water partition coefficient (Wildman–Crippen LogP) is 2.72. The van der Waals surface area contributed by atoms with E-state index in [0.29, 0.717) is 13.2 Å². The molecular formula is C16H25N3O2. The molecular weight excluding hydrogens is 266 g/mol. The van der Waals surface area contributed by atoms with Crippen LogP contribution in [0.4, 0.5) is 16.2 Å². The number of nitrogens with zero attached hydrogens (tertiary/aromatic N) is 2. The number of benzene rings is 1. The maximum absolute atomic E-state index is 12.0. The number of unbranched alkanes of at least 4 members (excludes halogenated alkanes) is 1. The number of anilines is 2. The molecule has 0 bridgehead atoms. The maximum Gasteiger partial charge on any atom is 0.410 e. The smallest absolute Gasteiger partial charge is 0.410 e. The van der Waals surface area contributed by atoms with E-state index < -0.39 is 0 Å². The molecule has 0 saturated carbocycles. The molecule has 116 valence electrons. The molecule has 1 aromatic rings. The van der Waals surface area contributed by atoms with E-state index in [1.165, 1.54) is 0 Å². The van der Waals surface area contributed by atoms with Gasteiger partial charge in [0.15, 0.2) is 0 Å². The molecule has 2 N–H and O–H groups in total. The van der Waals surface area contributed by atoms with Crippen LogP contribution in [0.3, 0.4) is 0 Å². The highest BCUT2D eigenvalue weighted by molar-refractivity contribution is 5.68. The molecule has 2 rings (SSSR count). The van der Waals surface area contributed by atoms with Crippen LogP contribution in [-0.4, -0.2) is 43.3 Å². The van der Waals surface area contributed by atoms with E-state index in [-0.39, 0.29) is 12.1 Å². The van der Waals surface area contributed by atoms with Gasteiger partial charge in [0.25, 0.3) is 0 Å². The van der Waals surface area contributed by atoms with E-state index in [0.717, 1.165) is 37.3 Å². The summed E-state index contributed by atoms with van der Waals surface area (Å²) < 4.78 is 5.30. The number of hydrogen-bond donors (Lipinski definition) is 1. The van der Waals surface area contributed by atoms with Gasteiger partial charge in [-0.05, 0) is 37.6 Å². The molecule has 1 aliphatic heterocycles. The van der Waals surface area contributed by atoms with Gasteiger partial charge in [0.05, 0.1) is 6.61 Å². The number of hydrogen-bond acceptors (Lipinski definition) is 4. The number of carbonyl (C=O) groups excluding carboxylic acids is 1. The summed E-state index contributed by atoms with van der Waals surface area (Å²) in [6.45, 7) is 6.98. The Kier molecular flexibility index (Phi) is 5.31. The lowest BCUT2D eigenvalue weighted by atomic mass is 10.1. The van der Waals surface area contributed by atoms with Gasteiger partial charge in [-0.15, -0.1) is 0 Å². The van der Waals surface area contributed by atoms with Crippen LogP contribution in [0.5, 0.6) is 0 Å². The molecule has 1 saturated heterocycles. The second kappa shape index (κ2) is 7.20. The summed E-state index contributed by atoms with van der Waals surface area (Å²) in [6.07, 6.45) is 1.77. The Hall–Kier alpha value is -1.91. The molecule has 5 nitrogen and oxygen atoms in total. The van der Waals surface area contributed by atoms with Crippen molar-refractivity contribution < 1.29 is 9.53 Å². The maximum atomic E-state index is 12.0. The third-order valence-corrected chi connectivity index (χ3v) is 3.84. The van der Waals surface area contributed by atoms with Crippen LogP contribution in [0.15, 0.2) is 24.3 Å². The van der Waals surface area contributed by atoms with Gasteiger partial charge < -0.3 is 20.3 Å². The normalized spacial score (nSPS) is 18.7. The van der Waals surface area contributed by atoms with Crippen molar-refractivity contribution in [2.45, 2.75) is 32.7 Å². The second-order valence-corrected chi connectivity index (χ2v) is 5.55. The molecule has 1 fully saturated rings. The number of nitrogens with two attached hydrogens (primary N) is 1. The summed E-state index contributed by atoms with van der Waals surface area (Å²) in [5, 5.41) is 0. The molecule has 21 heavy (non-hydrogen) atoms. The van der Waals surface area contributed by atoms with Gasteiger partial charge in [0, 0.05) is 37.1 Å². The molecule has 0 aromatic heterocycles. The monoisotopic (exact) mass is 291 g/mol. The summed E-state index contributed by atoms with van der Waals surface area (Å²) in [5.74, 6) is 0. The predicted molar refractivity (Wildman–Crippen MR) is 85.5 cm³/mol. The van der Waals surface area contributed by atoms with Crippen LogP contribution in [-0.2, 0) is 4.74 Å². The van der Waals surface area contributed by atoms with Crippen LogP contribution in [0, 0.1) is 0 Å². The van der Waals surface area contributed by atoms with Gasteiger partial charge in [0.2, 0.25) is 0 Å². The molecule has 1 amide bonds. The van der Waals surface area contributed by atoms with Crippen molar-refractivity contribution >= 4 is 17.5 Å². The zero-order valence-electron chi connectivity index (χ0n) is 12.9. The Bertz CT molecular complexity index is 461. The van der Waals surface area contributed by atoms with E-state index >= 15 is 0 Å². The summed E-state index contributed by atoms with van der Waals surface area (Å²) >= 11 is 0. The summed E-state index contributed by atoms with van der Waals surface area (Å²) in [5.41, 5.74) is 7.63. The Morgan fingerprint density at radius 1 is 1.33 bits per heavy atom. The van der Waals surface area contributed by atoms with Crippen LogP contribution in [0.25, 0.3) is 0 Å². The first-order valence-corrected chi connectivity index (χ1v) is 7.65. The zero-order valence-corrected chi connectivity index (χ0v) is 12.9. The molecule has 1 atom stereocenters. The van der Waals surface area contributed by atoms with Crippen molar-refractivity contribution in [2.24, 2.45) is 0 Å². The van der Waals surface area contributed by atoms with Crippen molar-refractivity contribution in [3.8, 4) is 0 Å². The van der Waals surface area contributed by atoms with E-state index in [4.69, 9.17) is 10.5 Å². The minimum absolute atomic E-state index is 0.144.